The highest BCUT2D eigenvalue weighted by Gasteiger charge is 2.71. The summed E-state index contributed by atoms with van der Waals surface area (Å²) in [4.78, 5) is 45.6. The number of hydrogen-bond acceptors (Lipinski definition) is 4. The third-order valence-corrected chi connectivity index (χ3v) is 8.95. The number of anilines is 1. The zero-order valence-corrected chi connectivity index (χ0v) is 22.4. The van der Waals surface area contributed by atoms with Crippen LogP contribution in [-0.2, 0) is 0 Å². The number of fused-ring (bicyclic) bond motifs is 5. The van der Waals surface area contributed by atoms with Crippen LogP contribution in [0, 0.1) is 11.2 Å². The van der Waals surface area contributed by atoms with Crippen molar-refractivity contribution in [2.45, 2.75) is 18.0 Å². The highest BCUT2D eigenvalue weighted by Crippen LogP contribution is 2.61. The maximum atomic E-state index is 14.6. The van der Waals surface area contributed by atoms with Crippen LogP contribution >= 0.6 is 23.2 Å². The lowest BCUT2D eigenvalue weighted by atomic mass is 9.64. The van der Waals surface area contributed by atoms with Crippen LogP contribution in [0.3, 0.4) is 0 Å². The van der Waals surface area contributed by atoms with Gasteiger partial charge in [0.2, 0.25) is 0 Å². The van der Waals surface area contributed by atoms with Crippen molar-refractivity contribution in [1.82, 2.24) is 0 Å². The van der Waals surface area contributed by atoms with Crippen molar-refractivity contribution in [2.24, 2.45) is 5.41 Å². The molecule has 0 bridgehead atoms. The molecule has 7 rings (SSSR count). The van der Waals surface area contributed by atoms with Gasteiger partial charge in [0.05, 0.1) is 11.1 Å². The number of rotatable bonds is 3. The van der Waals surface area contributed by atoms with E-state index in [9.17, 15) is 18.8 Å². The standard InChI is InChI=1S/C33H20Cl2FNO3/c34-20-7-5-6-19(16-20)28-29(30(38)24-10-3-4-11-25(24)35)37-26-14-13-21(36)17-18(26)12-15-27(37)33(28)31(39)22-8-1-2-9-23(22)32(33)40/h1-17,27-29H. The Morgan fingerprint density at radius 3 is 2.23 bits per heavy atom. The molecular weight excluding hydrogens is 548 g/mol. The molecule has 4 aromatic carbocycles. The van der Waals surface area contributed by atoms with Gasteiger partial charge in [0.1, 0.15) is 17.3 Å². The van der Waals surface area contributed by atoms with Crippen LogP contribution in [0.2, 0.25) is 10.0 Å². The number of carbonyl (C=O) groups is 3. The quantitative estimate of drug-likeness (QED) is 0.190. The van der Waals surface area contributed by atoms with E-state index in [1.165, 1.54) is 12.1 Å². The molecule has 196 valence electrons. The molecule has 4 aromatic rings. The minimum absolute atomic E-state index is 0.258. The number of carbonyl (C=O) groups excluding carboxylic acids is 3. The molecular formula is C33H20Cl2FNO3. The van der Waals surface area contributed by atoms with Crippen molar-refractivity contribution in [2.75, 3.05) is 4.90 Å². The van der Waals surface area contributed by atoms with E-state index >= 15 is 0 Å². The van der Waals surface area contributed by atoms with Crippen LogP contribution < -0.4 is 4.90 Å². The third kappa shape index (κ3) is 3.28. The third-order valence-electron chi connectivity index (χ3n) is 8.38. The first kappa shape index (κ1) is 24.9. The van der Waals surface area contributed by atoms with Gasteiger partial charge in [-0.2, -0.15) is 0 Å². The Bertz CT molecular complexity index is 1760. The molecule has 1 aliphatic carbocycles. The fraction of sp³-hybridized carbons (Fsp3) is 0.121. The molecule has 0 amide bonds. The van der Waals surface area contributed by atoms with E-state index in [0.717, 1.165) is 0 Å². The van der Waals surface area contributed by atoms with Gasteiger partial charge in [0.25, 0.3) is 0 Å². The Morgan fingerprint density at radius 2 is 1.52 bits per heavy atom. The zero-order chi connectivity index (χ0) is 27.8. The molecule has 3 atom stereocenters. The Morgan fingerprint density at radius 1 is 0.825 bits per heavy atom. The first-order valence-electron chi connectivity index (χ1n) is 12.8. The van der Waals surface area contributed by atoms with E-state index in [1.54, 1.807) is 91.0 Å². The van der Waals surface area contributed by atoms with Gasteiger partial charge in [0.15, 0.2) is 17.3 Å². The molecule has 7 heteroatoms. The van der Waals surface area contributed by atoms with Crippen LogP contribution in [-0.4, -0.2) is 29.4 Å². The number of ketones is 3. The first-order chi connectivity index (χ1) is 19.3. The topological polar surface area (TPSA) is 54.5 Å². The Hall–Kier alpha value is -4.06. The van der Waals surface area contributed by atoms with Gasteiger partial charge < -0.3 is 4.90 Å². The van der Waals surface area contributed by atoms with E-state index in [0.29, 0.717) is 33.0 Å². The molecule has 0 radical (unpaired) electrons. The summed E-state index contributed by atoms with van der Waals surface area (Å²) in [6.45, 7) is 0. The van der Waals surface area contributed by atoms with Gasteiger partial charge in [-0.05, 0) is 48.0 Å². The van der Waals surface area contributed by atoms with Crippen LogP contribution in [0.4, 0.5) is 10.1 Å². The van der Waals surface area contributed by atoms with E-state index < -0.39 is 29.2 Å². The number of Topliss-reactive ketones (excluding diaryl/α,β-unsaturated/α-hetero) is 3. The average Bonchev–Trinajstić information content (AvgIpc) is 3.39. The number of hydrogen-bond donors (Lipinski definition) is 0. The van der Waals surface area contributed by atoms with Crippen molar-refractivity contribution in [3.63, 3.8) is 0 Å². The van der Waals surface area contributed by atoms with Crippen LogP contribution in [0.1, 0.15) is 48.1 Å². The van der Waals surface area contributed by atoms with E-state index in [4.69, 9.17) is 23.2 Å². The van der Waals surface area contributed by atoms with Gasteiger partial charge >= 0.3 is 0 Å². The number of benzene rings is 4. The summed E-state index contributed by atoms with van der Waals surface area (Å²) < 4.78 is 14.3. The Balaban J connectivity index is 1.57. The van der Waals surface area contributed by atoms with Crippen molar-refractivity contribution in [3.05, 3.63) is 141 Å². The summed E-state index contributed by atoms with van der Waals surface area (Å²) in [6.07, 6.45) is 3.48. The molecule has 4 nitrogen and oxygen atoms in total. The lowest BCUT2D eigenvalue weighted by Crippen LogP contribution is -2.48. The smallest absolute Gasteiger partial charge is 0.187 e. The van der Waals surface area contributed by atoms with Gasteiger partial charge in [-0.3, -0.25) is 14.4 Å². The zero-order valence-electron chi connectivity index (χ0n) is 20.9. The van der Waals surface area contributed by atoms with Crippen molar-refractivity contribution in [3.8, 4) is 0 Å². The number of nitrogens with zero attached hydrogens (tertiary/aromatic N) is 1. The molecule has 0 aromatic heterocycles. The molecule has 2 aliphatic heterocycles. The minimum atomic E-state index is -1.67. The Labute approximate surface area is 239 Å². The number of halogens is 3. The second kappa shape index (κ2) is 8.98. The molecule has 1 spiro atoms. The largest absolute Gasteiger partial charge is 0.352 e. The molecule has 1 saturated heterocycles. The summed E-state index contributed by atoms with van der Waals surface area (Å²) in [5.74, 6) is -2.40. The molecule has 0 saturated carbocycles. The van der Waals surface area contributed by atoms with E-state index in [1.807, 2.05) is 4.90 Å². The second-order valence-electron chi connectivity index (χ2n) is 10.3. The van der Waals surface area contributed by atoms with Crippen LogP contribution in [0.25, 0.3) is 6.08 Å². The second-order valence-corrected chi connectivity index (χ2v) is 11.2. The SMILES string of the molecule is O=C(c1ccccc1Cl)C1C(c2cccc(Cl)c2)C2(C(=O)c3ccccc3C2=O)C2C=Cc3cc(F)ccc3N12. The first-order valence-corrected chi connectivity index (χ1v) is 13.6. The molecule has 1 fully saturated rings. The fourth-order valence-electron chi connectivity index (χ4n) is 6.84. The van der Waals surface area contributed by atoms with Crippen molar-refractivity contribution in [1.29, 1.82) is 0 Å². The molecule has 40 heavy (non-hydrogen) atoms. The maximum Gasteiger partial charge on any atom is 0.187 e. The lowest BCUT2D eigenvalue weighted by molar-refractivity contribution is 0.0666. The predicted molar refractivity (Wildman–Crippen MR) is 153 cm³/mol. The summed E-state index contributed by atoms with van der Waals surface area (Å²) in [7, 11) is 0. The highest BCUT2D eigenvalue weighted by molar-refractivity contribution is 6.35. The lowest BCUT2D eigenvalue weighted by Gasteiger charge is -2.37. The summed E-state index contributed by atoms with van der Waals surface area (Å²) in [5, 5.41) is 0.670. The van der Waals surface area contributed by atoms with Crippen LogP contribution in [0.5, 0.6) is 0 Å². The van der Waals surface area contributed by atoms with Crippen molar-refractivity contribution < 1.29 is 18.8 Å². The van der Waals surface area contributed by atoms with Gasteiger partial charge in [-0.15, -0.1) is 0 Å². The molecule has 0 N–H and O–H groups in total. The van der Waals surface area contributed by atoms with Crippen LogP contribution in [0.15, 0.2) is 97.1 Å². The van der Waals surface area contributed by atoms with Gasteiger partial charge in [0, 0.05) is 38.9 Å². The molecule has 2 heterocycles. The normalized spacial score (nSPS) is 21.9. The average molecular weight is 568 g/mol. The summed E-state index contributed by atoms with van der Waals surface area (Å²) >= 11 is 13.0. The van der Waals surface area contributed by atoms with Gasteiger partial charge in [-0.1, -0.05) is 83.9 Å². The molecule has 3 aliphatic rings. The minimum Gasteiger partial charge on any atom is -0.352 e. The van der Waals surface area contributed by atoms with E-state index in [2.05, 4.69) is 0 Å². The molecule has 3 unspecified atom stereocenters. The highest BCUT2D eigenvalue weighted by atomic mass is 35.5. The summed E-state index contributed by atoms with van der Waals surface area (Å²) in [5.41, 5.74) is 0.931. The fourth-order valence-corrected chi connectivity index (χ4v) is 7.27. The monoisotopic (exact) mass is 567 g/mol. The summed E-state index contributed by atoms with van der Waals surface area (Å²) in [6, 6.07) is 22.9. The Kier molecular flexibility index (Phi) is 5.60. The van der Waals surface area contributed by atoms with Crippen molar-refractivity contribution >= 4 is 52.3 Å². The predicted octanol–water partition coefficient (Wildman–Crippen LogP) is 7.45. The van der Waals surface area contributed by atoms with Gasteiger partial charge in [-0.25, -0.2) is 4.39 Å². The van der Waals surface area contributed by atoms with E-state index in [-0.39, 0.29) is 27.9 Å². The maximum absolute atomic E-state index is 14.6.